The predicted octanol–water partition coefficient (Wildman–Crippen LogP) is -0.00170. The van der Waals surface area contributed by atoms with E-state index >= 15 is 0 Å². The van der Waals surface area contributed by atoms with Crippen molar-refractivity contribution in [2.24, 2.45) is 0 Å². The Morgan fingerprint density at radius 3 is 2.68 bits per heavy atom. The van der Waals surface area contributed by atoms with Gasteiger partial charge in [0.05, 0.1) is 6.26 Å². The fourth-order valence-corrected chi connectivity index (χ4v) is 2.58. The molecule has 0 saturated carbocycles. The molecule has 0 aliphatic rings. The first-order valence-electron chi connectivity index (χ1n) is 6.01. The van der Waals surface area contributed by atoms with Gasteiger partial charge in [-0.25, -0.2) is 12.7 Å². The first-order valence-corrected chi connectivity index (χ1v) is 7.86. The second-order valence-corrected chi connectivity index (χ2v) is 6.19. The number of rotatable bonds is 7. The number of amides is 1. The quantitative estimate of drug-likeness (QED) is 0.613. The average molecular weight is 288 g/mol. The highest BCUT2D eigenvalue weighted by molar-refractivity contribution is 7.88. The van der Waals surface area contributed by atoms with Crippen LogP contribution in [0, 0.1) is 0 Å². The van der Waals surface area contributed by atoms with Crippen LogP contribution in [0.5, 0.6) is 0 Å². The van der Waals surface area contributed by atoms with Crippen molar-refractivity contribution in [3.63, 3.8) is 0 Å². The second-order valence-electron chi connectivity index (χ2n) is 4.21. The third kappa shape index (κ3) is 4.92. The van der Waals surface area contributed by atoms with Crippen LogP contribution in [0.4, 0.5) is 5.69 Å². The van der Waals surface area contributed by atoms with E-state index in [0.29, 0.717) is 37.4 Å². The Hall–Kier alpha value is -1.54. The van der Waals surface area contributed by atoms with Gasteiger partial charge in [0.1, 0.15) is 5.69 Å². The molecule has 108 valence electrons. The molecule has 7 nitrogen and oxygen atoms in total. The highest BCUT2D eigenvalue weighted by Crippen LogP contribution is 2.04. The number of carbonyl (C=O) groups is 1. The molecule has 1 heterocycles. The van der Waals surface area contributed by atoms with Gasteiger partial charge in [-0.3, -0.25) is 4.79 Å². The molecule has 0 aliphatic carbocycles. The Kier molecular flexibility index (Phi) is 5.37. The van der Waals surface area contributed by atoms with Gasteiger partial charge in [-0.2, -0.15) is 0 Å². The van der Waals surface area contributed by atoms with Gasteiger partial charge in [0, 0.05) is 31.5 Å². The second kappa shape index (κ2) is 6.58. The third-order valence-electron chi connectivity index (χ3n) is 2.64. The maximum Gasteiger partial charge on any atom is 0.267 e. The summed E-state index contributed by atoms with van der Waals surface area (Å²) in [6.07, 6.45) is 3.27. The highest BCUT2D eigenvalue weighted by atomic mass is 32.2. The van der Waals surface area contributed by atoms with E-state index in [-0.39, 0.29) is 5.91 Å². The van der Waals surface area contributed by atoms with Gasteiger partial charge >= 0.3 is 0 Å². The summed E-state index contributed by atoms with van der Waals surface area (Å²) >= 11 is 0. The lowest BCUT2D eigenvalue weighted by Gasteiger charge is -2.17. The van der Waals surface area contributed by atoms with E-state index in [2.05, 4.69) is 10.3 Å². The lowest BCUT2D eigenvalue weighted by atomic mass is 10.3. The number of carbonyl (C=O) groups excluding carboxylic acids is 1. The number of nitrogen functional groups attached to an aromatic ring is 1. The van der Waals surface area contributed by atoms with Crippen LogP contribution in [0.1, 0.15) is 23.8 Å². The molecule has 1 amide bonds. The molecule has 0 spiro atoms. The van der Waals surface area contributed by atoms with Crippen LogP contribution < -0.4 is 11.1 Å². The SMILES string of the molecule is CCN(CCCNC(=O)c1cc(N)c[nH]1)S(C)(=O)=O. The molecule has 0 saturated heterocycles. The molecule has 1 rings (SSSR count). The number of nitrogens with two attached hydrogens (primary N) is 1. The van der Waals surface area contributed by atoms with E-state index < -0.39 is 10.0 Å². The van der Waals surface area contributed by atoms with Crippen LogP contribution in [0.2, 0.25) is 0 Å². The zero-order chi connectivity index (χ0) is 14.5. The van der Waals surface area contributed by atoms with Gasteiger partial charge < -0.3 is 16.0 Å². The number of aromatic amines is 1. The molecule has 19 heavy (non-hydrogen) atoms. The first kappa shape index (κ1) is 15.5. The maximum absolute atomic E-state index is 11.6. The predicted molar refractivity (Wildman–Crippen MR) is 74.2 cm³/mol. The lowest BCUT2D eigenvalue weighted by molar-refractivity contribution is 0.0948. The minimum Gasteiger partial charge on any atom is -0.397 e. The number of H-pyrrole nitrogens is 1. The van der Waals surface area contributed by atoms with Gasteiger partial charge in [0.2, 0.25) is 10.0 Å². The zero-order valence-corrected chi connectivity index (χ0v) is 12.0. The Morgan fingerprint density at radius 1 is 1.53 bits per heavy atom. The highest BCUT2D eigenvalue weighted by Gasteiger charge is 2.13. The standard InChI is InChI=1S/C11H20N4O3S/c1-3-15(19(2,17)18)6-4-5-13-11(16)10-7-9(12)8-14-10/h7-8,14H,3-6,12H2,1-2H3,(H,13,16). The van der Waals surface area contributed by atoms with E-state index in [9.17, 15) is 13.2 Å². The summed E-state index contributed by atoms with van der Waals surface area (Å²) in [6, 6.07) is 1.55. The fourth-order valence-electron chi connectivity index (χ4n) is 1.65. The maximum atomic E-state index is 11.6. The smallest absolute Gasteiger partial charge is 0.267 e. The van der Waals surface area contributed by atoms with Gasteiger partial charge in [-0.1, -0.05) is 6.92 Å². The Balaban J connectivity index is 2.33. The molecule has 0 aliphatic heterocycles. The minimum atomic E-state index is -3.17. The summed E-state index contributed by atoms with van der Waals surface area (Å²) < 4.78 is 24.0. The molecule has 0 atom stereocenters. The average Bonchev–Trinajstić information content (AvgIpc) is 2.74. The summed E-state index contributed by atoms with van der Waals surface area (Å²) in [5.41, 5.74) is 6.39. The normalized spacial score (nSPS) is 11.7. The third-order valence-corrected chi connectivity index (χ3v) is 4.02. The van der Waals surface area contributed by atoms with Crippen molar-refractivity contribution in [1.82, 2.24) is 14.6 Å². The van der Waals surface area contributed by atoms with E-state index in [0.717, 1.165) is 0 Å². The Labute approximate surface area is 113 Å². The van der Waals surface area contributed by atoms with Crippen molar-refractivity contribution in [2.75, 3.05) is 31.6 Å². The molecule has 4 N–H and O–H groups in total. The number of nitrogens with one attached hydrogen (secondary N) is 2. The summed E-state index contributed by atoms with van der Waals surface area (Å²) in [7, 11) is -3.17. The number of aromatic nitrogens is 1. The van der Waals surface area contributed by atoms with Crippen LogP contribution in [-0.2, 0) is 10.0 Å². The van der Waals surface area contributed by atoms with Crippen LogP contribution in [0.25, 0.3) is 0 Å². The van der Waals surface area contributed by atoms with Crippen LogP contribution in [0.15, 0.2) is 12.3 Å². The van der Waals surface area contributed by atoms with Crippen molar-refractivity contribution in [2.45, 2.75) is 13.3 Å². The molecule has 1 aromatic heterocycles. The zero-order valence-electron chi connectivity index (χ0n) is 11.1. The van der Waals surface area contributed by atoms with Gasteiger partial charge in [0.15, 0.2) is 0 Å². The molecular formula is C11H20N4O3S. The van der Waals surface area contributed by atoms with Crippen molar-refractivity contribution in [1.29, 1.82) is 0 Å². The summed E-state index contributed by atoms with van der Waals surface area (Å²) in [6.45, 7) is 3.01. The number of hydrogen-bond acceptors (Lipinski definition) is 4. The summed E-state index contributed by atoms with van der Waals surface area (Å²) in [5, 5.41) is 2.70. The molecule has 0 radical (unpaired) electrons. The van der Waals surface area contributed by atoms with Crippen molar-refractivity contribution < 1.29 is 13.2 Å². The van der Waals surface area contributed by atoms with Crippen molar-refractivity contribution >= 4 is 21.6 Å². The number of nitrogens with zero attached hydrogens (tertiary/aromatic N) is 1. The topological polar surface area (TPSA) is 108 Å². The Bertz CT molecular complexity index is 524. The summed E-state index contributed by atoms with van der Waals surface area (Å²) in [5.74, 6) is -0.251. The van der Waals surface area contributed by atoms with Gasteiger partial charge in [0.25, 0.3) is 5.91 Å². The van der Waals surface area contributed by atoms with Gasteiger partial charge in [-0.05, 0) is 12.5 Å². The Morgan fingerprint density at radius 2 is 2.21 bits per heavy atom. The minimum absolute atomic E-state index is 0.251. The van der Waals surface area contributed by atoms with Crippen LogP contribution >= 0.6 is 0 Å². The van der Waals surface area contributed by atoms with Gasteiger partial charge in [-0.15, -0.1) is 0 Å². The van der Waals surface area contributed by atoms with Crippen LogP contribution in [-0.4, -0.2) is 49.5 Å². The number of hydrogen-bond donors (Lipinski definition) is 3. The van der Waals surface area contributed by atoms with Crippen molar-refractivity contribution in [3.8, 4) is 0 Å². The molecule has 8 heteroatoms. The first-order chi connectivity index (χ1) is 8.84. The molecule has 0 bridgehead atoms. The molecule has 0 aromatic carbocycles. The van der Waals surface area contributed by atoms with E-state index in [1.165, 1.54) is 16.8 Å². The fraction of sp³-hybridized carbons (Fsp3) is 0.545. The monoisotopic (exact) mass is 288 g/mol. The summed E-state index contributed by atoms with van der Waals surface area (Å²) in [4.78, 5) is 14.4. The van der Waals surface area contributed by atoms with E-state index in [1.807, 2.05) is 0 Å². The van der Waals surface area contributed by atoms with E-state index in [1.54, 1.807) is 13.0 Å². The van der Waals surface area contributed by atoms with E-state index in [4.69, 9.17) is 5.73 Å². The lowest BCUT2D eigenvalue weighted by Crippen LogP contribution is -2.33. The number of sulfonamides is 1. The van der Waals surface area contributed by atoms with Crippen LogP contribution in [0.3, 0.4) is 0 Å². The molecular weight excluding hydrogens is 268 g/mol. The van der Waals surface area contributed by atoms with Crippen molar-refractivity contribution in [3.05, 3.63) is 18.0 Å². The largest absolute Gasteiger partial charge is 0.397 e. The number of anilines is 1. The molecule has 1 aromatic rings. The molecule has 0 unspecified atom stereocenters. The molecule has 0 fully saturated rings.